The topological polar surface area (TPSA) is 41.1 Å². The van der Waals surface area contributed by atoms with E-state index in [1.54, 1.807) is 6.92 Å². The standard InChI is InChI=1S/C13H18N2O/c1-9(16)13(14-2)7-10-8-15-12-6-4-3-5-11(10)12/h3-6,8,11-15H,7H2,1-2H3. The Morgan fingerprint density at radius 2 is 2.25 bits per heavy atom. The van der Waals surface area contributed by atoms with Gasteiger partial charge < -0.3 is 10.6 Å². The van der Waals surface area contributed by atoms with Gasteiger partial charge in [0.25, 0.3) is 0 Å². The van der Waals surface area contributed by atoms with Crippen molar-refractivity contribution >= 4 is 5.78 Å². The number of carbonyl (C=O) groups excluding carboxylic acids is 1. The van der Waals surface area contributed by atoms with Crippen LogP contribution in [0.2, 0.25) is 0 Å². The molecule has 0 bridgehead atoms. The molecule has 2 N–H and O–H groups in total. The molecule has 2 aliphatic rings. The highest BCUT2D eigenvalue weighted by Crippen LogP contribution is 2.29. The fourth-order valence-electron chi connectivity index (χ4n) is 2.30. The Labute approximate surface area is 96.3 Å². The maximum atomic E-state index is 11.4. The summed E-state index contributed by atoms with van der Waals surface area (Å²) < 4.78 is 0. The van der Waals surface area contributed by atoms with Crippen molar-refractivity contribution in [2.75, 3.05) is 7.05 Å². The Morgan fingerprint density at radius 1 is 1.50 bits per heavy atom. The van der Waals surface area contributed by atoms with Gasteiger partial charge in [0.1, 0.15) is 5.78 Å². The molecule has 0 radical (unpaired) electrons. The van der Waals surface area contributed by atoms with E-state index >= 15 is 0 Å². The predicted molar refractivity (Wildman–Crippen MR) is 64.9 cm³/mol. The summed E-state index contributed by atoms with van der Waals surface area (Å²) in [5.41, 5.74) is 1.31. The zero-order chi connectivity index (χ0) is 11.5. The molecule has 1 aliphatic carbocycles. The minimum atomic E-state index is -0.0638. The molecule has 0 amide bonds. The lowest BCUT2D eigenvalue weighted by Crippen LogP contribution is -2.34. The van der Waals surface area contributed by atoms with Crippen molar-refractivity contribution in [2.24, 2.45) is 5.92 Å². The summed E-state index contributed by atoms with van der Waals surface area (Å²) in [6.07, 6.45) is 11.3. The maximum absolute atomic E-state index is 11.4. The minimum Gasteiger partial charge on any atom is -0.384 e. The van der Waals surface area contributed by atoms with Crippen LogP contribution in [0.15, 0.2) is 36.1 Å². The van der Waals surface area contributed by atoms with E-state index < -0.39 is 0 Å². The number of nitrogens with one attached hydrogen (secondary N) is 2. The lowest BCUT2D eigenvalue weighted by atomic mass is 9.87. The summed E-state index contributed by atoms with van der Waals surface area (Å²) in [4.78, 5) is 11.4. The minimum absolute atomic E-state index is 0.0638. The summed E-state index contributed by atoms with van der Waals surface area (Å²) in [5.74, 6) is 0.613. The van der Waals surface area contributed by atoms with Crippen LogP contribution in [-0.4, -0.2) is 24.9 Å². The van der Waals surface area contributed by atoms with Crippen molar-refractivity contribution in [2.45, 2.75) is 25.4 Å². The third kappa shape index (κ3) is 2.09. The van der Waals surface area contributed by atoms with E-state index in [-0.39, 0.29) is 11.8 Å². The lowest BCUT2D eigenvalue weighted by Gasteiger charge is -2.21. The van der Waals surface area contributed by atoms with Gasteiger partial charge in [-0.1, -0.05) is 24.3 Å². The average Bonchev–Trinajstić information content (AvgIpc) is 2.69. The van der Waals surface area contributed by atoms with Crippen LogP contribution in [-0.2, 0) is 4.79 Å². The molecule has 16 heavy (non-hydrogen) atoms. The summed E-state index contributed by atoms with van der Waals surface area (Å²) in [6, 6.07) is 0.315. The van der Waals surface area contributed by atoms with Gasteiger partial charge in [0, 0.05) is 5.92 Å². The Balaban J connectivity index is 2.03. The molecule has 86 valence electrons. The molecule has 1 heterocycles. The normalized spacial score (nSPS) is 28.2. The average molecular weight is 218 g/mol. The number of carbonyl (C=O) groups is 1. The molecule has 1 aliphatic heterocycles. The van der Waals surface area contributed by atoms with Crippen LogP contribution in [0.4, 0.5) is 0 Å². The number of rotatable bonds is 4. The highest BCUT2D eigenvalue weighted by Gasteiger charge is 2.28. The Hall–Kier alpha value is -1.35. The molecular formula is C13H18N2O. The van der Waals surface area contributed by atoms with Crippen LogP contribution in [0.1, 0.15) is 13.3 Å². The molecule has 0 aromatic rings. The zero-order valence-electron chi connectivity index (χ0n) is 9.73. The molecule has 0 spiro atoms. The van der Waals surface area contributed by atoms with Crippen molar-refractivity contribution in [3.63, 3.8) is 0 Å². The molecule has 0 fully saturated rings. The first-order valence-corrected chi connectivity index (χ1v) is 5.70. The third-order valence-corrected chi connectivity index (χ3v) is 3.30. The Morgan fingerprint density at radius 3 is 2.94 bits per heavy atom. The maximum Gasteiger partial charge on any atom is 0.146 e. The number of allylic oxidation sites excluding steroid dienone is 2. The smallest absolute Gasteiger partial charge is 0.146 e. The van der Waals surface area contributed by atoms with Crippen molar-refractivity contribution in [3.8, 4) is 0 Å². The Bertz CT molecular complexity index is 368. The van der Waals surface area contributed by atoms with Gasteiger partial charge in [-0.2, -0.15) is 0 Å². The van der Waals surface area contributed by atoms with E-state index in [0.29, 0.717) is 12.0 Å². The van der Waals surface area contributed by atoms with Crippen LogP contribution < -0.4 is 10.6 Å². The van der Waals surface area contributed by atoms with Crippen molar-refractivity contribution in [1.82, 2.24) is 10.6 Å². The van der Waals surface area contributed by atoms with Gasteiger partial charge in [0.05, 0.1) is 12.1 Å². The first-order valence-electron chi connectivity index (χ1n) is 5.70. The van der Waals surface area contributed by atoms with E-state index in [1.807, 2.05) is 7.05 Å². The second-order valence-electron chi connectivity index (χ2n) is 4.36. The number of Topliss-reactive ketones (excluding diaryl/α,β-unsaturated/α-hetero) is 1. The molecule has 3 nitrogen and oxygen atoms in total. The molecular weight excluding hydrogens is 200 g/mol. The highest BCUT2D eigenvalue weighted by molar-refractivity contribution is 5.81. The lowest BCUT2D eigenvalue weighted by molar-refractivity contribution is -0.118. The zero-order valence-corrected chi connectivity index (χ0v) is 9.73. The van der Waals surface area contributed by atoms with Gasteiger partial charge in [-0.05, 0) is 32.2 Å². The highest BCUT2D eigenvalue weighted by atomic mass is 16.1. The van der Waals surface area contributed by atoms with E-state index in [1.165, 1.54) is 5.57 Å². The van der Waals surface area contributed by atoms with Gasteiger partial charge in [-0.15, -0.1) is 0 Å². The molecule has 3 unspecified atom stereocenters. The molecule has 2 rings (SSSR count). The first-order chi connectivity index (χ1) is 7.72. The summed E-state index contributed by atoms with van der Waals surface area (Å²) in [7, 11) is 1.84. The largest absolute Gasteiger partial charge is 0.384 e. The number of ketones is 1. The van der Waals surface area contributed by atoms with Gasteiger partial charge in [0.15, 0.2) is 0 Å². The summed E-state index contributed by atoms with van der Waals surface area (Å²) >= 11 is 0. The van der Waals surface area contributed by atoms with E-state index in [0.717, 1.165) is 6.42 Å². The summed E-state index contributed by atoms with van der Waals surface area (Å²) in [5, 5.41) is 6.40. The number of hydrogen-bond donors (Lipinski definition) is 2. The molecule has 0 aromatic heterocycles. The fourth-order valence-corrected chi connectivity index (χ4v) is 2.30. The fraction of sp³-hybridized carbons (Fsp3) is 0.462. The quantitative estimate of drug-likeness (QED) is 0.744. The third-order valence-electron chi connectivity index (χ3n) is 3.30. The van der Waals surface area contributed by atoms with E-state index in [4.69, 9.17) is 0 Å². The van der Waals surface area contributed by atoms with Crippen LogP contribution >= 0.6 is 0 Å². The second kappa shape index (κ2) is 4.66. The molecule has 0 aromatic carbocycles. The van der Waals surface area contributed by atoms with Crippen molar-refractivity contribution in [1.29, 1.82) is 0 Å². The van der Waals surface area contributed by atoms with Crippen LogP contribution in [0, 0.1) is 5.92 Å². The van der Waals surface area contributed by atoms with E-state index in [9.17, 15) is 4.79 Å². The van der Waals surface area contributed by atoms with Crippen LogP contribution in [0.5, 0.6) is 0 Å². The molecule has 0 saturated heterocycles. The van der Waals surface area contributed by atoms with Gasteiger partial charge in [-0.3, -0.25) is 4.79 Å². The van der Waals surface area contributed by atoms with Crippen molar-refractivity contribution in [3.05, 3.63) is 36.1 Å². The number of fused-ring (bicyclic) bond motifs is 1. The first kappa shape index (κ1) is 11.1. The van der Waals surface area contributed by atoms with Crippen molar-refractivity contribution < 1.29 is 4.79 Å². The second-order valence-corrected chi connectivity index (χ2v) is 4.36. The molecule has 0 saturated carbocycles. The monoisotopic (exact) mass is 218 g/mol. The van der Waals surface area contributed by atoms with E-state index in [2.05, 4.69) is 41.1 Å². The van der Waals surface area contributed by atoms with Gasteiger partial charge in [-0.25, -0.2) is 0 Å². The number of hydrogen-bond acceptors (Lipinski definition) is 3. The number of likely N-dealkylation sites (N-methyl/N-ethyl adjacent to an activating group) is 1. The predicted octanol–water partition coefficient (Wildman–Crippen LogP) is 1.15. The van der Waals surface area contributed by atoms with Gasteiger partial charge in [0.2, 0.25) is 0 Å². The molecule has 3 heteroatoms. The Kier molecular flexibility index (Phi) is 3.25. The summed E-state index contributed by atoms with van der Waals surface area (Å²) in [6.45, 7) is 1.64. The SMILES string of the molecule is CNC(CC1=CNC2C=CC=CC12)C(C)=O. The molecule has 3 atom stereocenters. The van der Waals surface area contributed by atoms with Crippen LogP contribution in [0.3, 0.4) is 0 Å². The van der Waals surface area contributed by atoms with Crippen LogP contribution in [0.25, 0.3) is 0 Å². The van der Waals surface area contributed by atoms with Gasteiger partial charge >= 0.3 is 0 Å².